The highest BCUT2D eigenvalue weighted by molar-refractivity contribution is 5.90. The summed E-state index contributed by atoms with van der Waals surface area (Å²) < 4.78 is 13.5. The molecule has 0 saturated heterocycles. The van der Waals surface area contributed by atoms with Gasteiger partial charge in [-0.2, -0.15) is 0 Å². The van der Waals surface area contributed by atoms with Crippen molar-refractivity contribution in [1.29, 1.82) is 0 Å². The van der Waals surface area contributed by atoms with Crippen molar-refractivity contribution < 1.29 is 19.1 Å². The van der Waals surface area contributed by atoms with Crippen LogP contribution in [-0.2, 0) is 4.79 Å². The van der Waals surface area contributed by atoms with Gasteiger partial charge < -0.3 is 15.7 Å². The molecule has 3 N–H and O–H groups in total. The van der Waals surface area contributed by atoms with E-state index in [2.05, 4.69) is 10.6 Å². The molecule has 6 heteroatoms. The predicted octanol–water partition coefficient (Wildman–Crippen LogP) is 2.45. The number of aliphatic carboxylic acids is 1. The Bertz CT molecular complexity index is 578. The third-order valence-electron chi connectivity index (χ3n) is 4.62. The number of anilines is 1. The van der Waals surface area contributed by atoms with Gasteiger partial charge in [-0.25, -0.2) is 9.18 Å². The number of benzene rings is 1. The number of fused-ring (bicyclic) bond motifs is 2. The normalized spacial score (nSPS) is 30.1. The molecule has 4 unspecified atom stereocenters. The van der Waals surface area contributed by atoms with Crippen molar-refractivity contribution in [3.05, 3.63) is 30.1 Å². The quantitative estimate of drug-likeness (QED) is 0.800. The average molecular weight is 292 g/mol. The van der Waals surface area contributed by atoms with E-state index in [1.165, 1.54) is 18.2 Å². The second-order valence-electron chi connectivity index (χ2n) is 5.80. The van der Waals surface area contributed by atoms with E-state index in [1.807, 2.05) is 0 Å². The van der Waals surface area contributed by atoms with Gasteiger partial charge in [-0.3, -0.25) is 4.79 Å². The van der Waals surface area contributed by atoms with E-state index in [9.17, 15) is 19.1 Å². The molecule has 2 aliphatic rings. The molecule has 1 aromatic carbocycles. The molecule has 2 bridgehead atoms. The maximum Gasteiger partial charge on any atom is 0.319 e. The molecule has 112 valence electrons. The van der Waals surface area contributed by atoms with Gasteiger partial charge >= 0.3 is 12.0 Å². The Morgan fingerprint density at radius 3 is 2.62 bits per heavy atom. The van der Waals surface area contributed by atoms with E-state index >= 15 is 0 Å². The van der Waals surface area contributed by atoms with Gasteiger partial charge in [-0.05, 0) is 43.2 Å². The Kier molecular flexibility index (Phi) is 3.53. The Balaban J connectivity index is 1.67. The molecule has 21 heavy (non-hydrogen) atoms. The van der Waals surface area contributed by atoms with E-state index in [0.717, 1.165) is 19.3 Å². The summed E-state index contributed by atoms with van der Waals surface area (Å²) >= 11 is 0. The van der Waals surface area contributed by atoms with Gasteiger partial charge in [0.1, 0.15) is 5.82 Å². The molecule has 0 aliphatic heterocycles. The molecule has 0 spiro atoms. The average Bonchev–Trinajstić information content (AvgIpc) is 3.02. The van der Waals surface area contributed by atoms with Crippen LogP contribution in [0.5, 0.6) is 0 Å². The molecular weight excluding hydrogens is 275 g/mol. The number of carboxylic acids is 1. The van der Waals surface area contributed by atoms with E-state index < -0.39 is 23.7 Å². The van der Waals surface area contributed by atoms with Crippen LogP contribution in [0.2, 0.25) is 0 Å². The fraction of sp³-hybridized carbons (Fsp3) is 0.467. The van der Waals surface area contributed by atoms with Crippen LogP contribution in [0.15, 0.2) is 24.3 Å². The number of halogens is 1. The van der Waals surface area contributed by atoms with Crippen LogP contribution in [-0.4, -0.2) is 23.1 Å². The first-order valence-corrected chi connectivity index (χ1v) is 7.11. The minimum Gasteiger partial charge on any atom is -0.481 e. The van der Waals surface area contributed by atoms with E-state index in [-0.39, 0.29) is 23.6 Å². The number of hydrogen-bond donors (Lipinski definition) is 3. The molecule has 2 saturated carbocycles. The number of carbonyl (C=O) groups excluding carboxylic acids is 1. The molecule has 2 fully saturated rings. The van der Waals surface area contributed by atoms with Crippen LogP contribution in [0.4, 0.5) is 14.9 Å². The number of para-hydroxylation sites is 1. The summed E-state index contributed by atoms with van der Waals surface area (Å²) in [5.41, 5.74) is 0.0880. The molecule has 5 nitrogen and oxygen atoms in total. The molecular formula is C15H17FN2O3. The lowest BCUT2D eigenvalue weighted by atomic mass is 9.84. The number of amides is 2. The van der Waals surface area contributed by atoms with Crippen LogP contribution in [0.1, 0.15) is 19.3 Å². The second kappa shape index (κ2) is 5.35. The topological polar surface area (TPSA) is 78.4 Å². The maximum absolute atomic E-state index is 13.5. The monoisotopic (exact) mass is 292 g/mol. The summed E-state index contributed by atoms with van der Waals surface area (Å²) in [5, 5.41) is 14.5. The van der Waals surface area contributed by atoms with Crippen LogP contribution in [0, 0.1) is 23.6 Å². The fourth-order valence-corrected chi connectivity index (χ4v) is 3.73. The summed E-state index contributed by atoms with van der Waals surface area (Å²) in [6.07, 6.45) is 2.70. The first-order valence-electron chi connectivity index (χ1n) is 7.11. The summed E-state index contributed by atoms with van der Waals surface area (Å²) in [5.74, 6) is -1.56. The standard InChI is InChI=1S/C15H17FN2O3/c16-10-3-1-2-4-11(10)17-15(21)18-13-9-6-5-8(7-9)12(13)14(19)20/h1-4,8-9,12-13H,5-7H2,(H,19,20)(H2,17,18,21). The summed E-state index contributed by atoms with van der Waals surface area (Å²) in [7, 11) is 0. The number of carboxylic acid groups (broad SMARTS) is 1. The van der Waals surface area contributed by atoms with Crippen molar-refractivity contribution in [1.82, 2.24) is 5.32 Å². The zero-order valence-electron chi connectivity index (χ0n) is 11.4. The highest BCUT2D eigenvalue weighted by Gasteiger charge is 2.51. The smallest absolute Gasteiger partial charge is 0.319 e. The Hall–Kier alpha value is -2.11. The van der Waals surface area contributed by atoms with Gasteiger partial charge in [0.05, 0.1) is 11.6 Å². The number of hydrogen-bond acceptors (Lipinski definition) is 2. The Morgan fingerprint density at radius 1 is 1.19 bits per heavy atom. The minimum absolute atomic E-state index is 0.0880. The van der Waals surface area contributed by atoms with E-state index in [4.69, 9.17) is 0 Å². The van der Waals surface area contributed by atoms with E-state index in [1.54, 1.807) is 6.07 Å². The lowest BCUT2D eigenvalue weighted by molar-refractivity contribution is -0.144. The third-order valence-corrected chi connectivity index (χ3v) is 4.62. The lowest BCUT2D eigenvalue weighted by Crippen LogP contribution is -2.48. The van der Waals surface area contributed by atoms with Crippen molar-refractivity contribution in [2.24, 2.45) is 17.8 Å². The first-order chi connectivity index (χ1) is 10.1. The predicted molar refractivity (Wildman–Crippen MR) is 74.3 cm³/mol. The van der Waals surface area contributed by atoms with Crippen molar-refractivity contribution in [3.63, 3.8) is 0 Å². The first kappa shape index (κ1) is 13.9. The fourth-order valence-electron chi connectivity index (χ4n) is 3.73. The zero-order chi connectivity index (χ0) is 15.0. The van der Waals surface area contributed by atoms with Gasteiger partial charge in [0.2, 0.25) is 0 Å². The second-order valence-corrected chi connectivity index (χ2v) is 5.80. The lowest BCUT2D eigenvalue weighted by Gasteiger charge is -2.28. The highest BCUT2D eigenvalue weighted by atomic mass is 19.1. The largest absolute Gasteiger partial charge is 0.481 e. The minimum atomic E-state index is -0.863. The zero-order valence-corrected chi connectivity index (χ0v) is 11.4. The summed E-state index contributed by atoms with van der Waals surface area (Å²) in [4.78, 5) is 23.3. The van der Waals surface area contributed by atoms with Gasteiger partial charge in [-0.15, -0.1) is 0 Å². The van der Waals surface area contributed by atoms with Gasteiger partial charge in [0, 0.05) is 6.04 Å². The summed E-state index contributed by atoms with van der Waals surface area (Å²) in [6, 6.07) is 4.96. The Morgan fingerprint density at radius 2 is 1.90 bits per heavy atom. The number of urea groups is 1. The third kappa shape index (κ3) is 2.57. The van der Waals surface area contributed by atoms with Gasteiger partial charge in [0.15, 0.2) is 0 Å². The van der Waals surface area contributed by atoms with Crippen molar-refractivity contribution in [3.8, 4) is 0 Å². The SMILES string of the molecule is O=C(Nc1ccccc1F)NC1C2CCC(C2)C1C(=O)O. The molecule has 2 amide bonds. The van der Waals surface area contributed by atoms with E-state index in [0.29, 0.717) is 0 Å². The van der Waals surface area contributed by atoms with Crippen molar-refractivity contribution in [2.75, 3.05) is 5.32 Å². The Labute approximate surface area is 121 Å². The molecule has 4 atom stereocenters. The number of rotatable bonds is 3. The number of carbonyl (C=O) groups is 2. The van der Waals surface area contributed by atoms with Crippen LogP contribution >= 0.6 is 0 Å². The van der Waals surface area contributed by atoms with Crippen LogP contribution in [0.25, 0.3) is 0 Å². The molecule has 3 rings (SSSR count). The maximum atomic E-state index is 13.5. The van der Waals surface area contributed by atoms with Gasteiger partial charge in [0.25, 0.3) is 0 Å². The molecule has 0 radical (unpaired) electrons. The highest BCUT2D eigenvalue weighted by Crippen LogP contribution is 2.48. The van der Waals surface area contributed by atoms with Crippen LogP contribution < -0.4 is 10.6 Å². The number of nitrogens with one attached hydrogen (secondary N) is 2. The summed E-state index contributed by atoms with van der Waals surface area (Å²) in [6.45, 7) is 0. The molecule has 2 aliphatic carbocycles. The van der Waals surface area contributed by atoms with Crippen molar-refractivity contribution in [2.45, 2.75) is 25.3 Å². The molecule has 0 heterocycles. The molecule has 1 aromatic rings. The van der Waals surface area contributed by atoms with Crippen molar-refractivity contribution >= 4 is 17.7 Å². The van der Waals surface area contributed by atoms with Gasteiger partial charge in [-0.1, -0.05) is 12.1 Å². The molecule has 0 aromatic heterocycles. The van der Waals surface area contributed by atoms with Crippen LogP contribution in [0.3, 0.4) is 0 Å².